The number of nitrogens with one attached hydrogen (secondary N) is 1. The van der Waals surface area contributed by atoms with Gasteiger partial charge in [-0.05, 0) is 25.7 Å². The van der Waals surface area contributed by atoms with Crippen LogP contribution in [0.2, 0.25) is 0 Å². The highest BCUT2D eigenvalue weighted by Crippen LogP contribution is 2.37. The van der Waals surface area contributed by atoms with Crippen molar-refractivity contribution < 1.29 is 14.3 Å². The quantitative estimate of drug-likeness (QED) is 0.701. The predicted molar refractivity (Wildman–Crippen MR) is 56.4 cm³/mol. The van der Waals surface area contributed by atoms with E-state index in [1.165, 1.54) is 0 Å². The highest BCUT2D eigenvalue weighted by Gasteiger charge is 2.37. The fourth-order valence-corrected chi connectivity index (χ4v) is 2.24. The third-order valence-electron chi connectivity index (χ3n) is 3.28. The molecule has 0 aromatic rings. The minimum absolute atomic E-state index is 0.0694. The summed E-state index contributed by atoms with van der Waals surface area (Å²) in [6.07, 6.45) is 4.06. The molecule has 0 spiro atoms. The van der Waals surface area contributed by atoms with Crippen LogP contribution in [0.3, 0.4) is 0 Å². The summed E-state index contributed by atoms with van der Waals surface area (Å²) in [5.41, 5.74) is -0.348. The number of amides is 1. The van der Waals surface area contributed by atoms with Gasteiger partial charge in [-0.1, -0.05) is 0 Å². The van der Waals surface area contributed by atoms with Crippen LogP contribution in [0.15, 0.2) is 0 Å². The van der Waals surface area contributed by atoms with Gasteiger partial charge in [0.25, 0.3) is 0 Å². The van der Waals surface area contributed by atoms with Crippen molar-refractivity contribution >= 4 is 12.2 Å². The second-order valence-corrected chi connectivity index (χ2v) is 4.30. The van der Waals surface area contributed by atoms with Crippen LogP contribution in [-0.2, 0) is 14.3 Å². The summed E-state index contributed by atoms with van der Waals surface area (Å²) < 4.78 is 5.07. The van der Waals surface area contributed by atoms with E-state index in [1.54, 1.807) is 14.2 Å². The van der Waals surface area contributed by atoms with E-state index in [4.69, 9.17) is 4.74 Å². The zero-order valence-electron chi connectivity index (χ0n) is 9.41. The van der Waals surface area contributed by atoms with Crippen LogP contribution in [0.5, 0.6) is 0 Å². The van der Waals surface area contributed by atoms with E-state index in [2.05, 4.69) is 5.32 Å². The molecule has 1 aliphatic rings. The molecule has 1 aliphatic carbocycles. The number of rotatable bonds is 4. The molecule has 0 atom stereocenters. The SMILES string of the molecule is CNC(=O)C1CCC(C=O)(COC)CC1. The summed E-state index contributed by atoms with van der Waals surface area (Å²) >= 11 is 0. The number of carbonyl (C=O) groups is 2. The van der Waals surface area contributed by atoms with E-state index in [0.717, 1.165) is 32.0 Å². The van der Waals surface area contributed by atoms with Gasteiger partial charge in [0.2, 0.25) is 5.91 Å². The van der Waals surface area contributed by atoms with E-state index in [0.29, 0.717) is 6.61 Å². The Morgan fingerprint density at radius 1 is 1.53 bits per heavy atom. The minimum atomic E-state index is -0.348. The molecule has 1 rings (SSSR count). The Kier molecular flexibility index (Phi) is 4.27. The van der Waals surface area contributed by atoms with Crippen molar-refractivity contribution in [2.45, 2.75) is 25.7 Å². The summed E-state index contributed by atoms with van der Waals surface area (Å²) in [6, 6.07) is 0. The van der Waals surface area contributed by atoms with E-state index >= 15 is 0 Å². The molecule has 1 saturated carbocycles. The van der Waals surface area contributed by atoms with Gasteiger partial charge in [-0.3, -0.25) is 4.79 Å². The molecule has 0 radical (unpaired) electrons. The Morgan fingerprint density at radius 3 is 2.53 bits per heavy atom. The maximum Gasteiger partial charge on any atom is 0.222 e. The second-order valence-electron chi connectivity index (χ2n) is 4.30. The summed E-state index contributed by atoms with van der Waals surface area (Å²) in [4.78, 5) is 22.4. The Bertz CT molecular complexity index is 232. The van der Waals surface area contributed by atoms with Gasteiger partial charge in [0.05, 0.1) is 6.61 Å². The lowest BCUT2D eigenvalue weighted by atomic mass is 9.71. The lowest BCUT2D eigenvalue weighted by Gasteiger charge is -2.34. The van der Waals surface area contributed by atoms with E-state index < -0.39 is 0 Å². The molecule has 0 heterocycles. The van der Waals surface area contributed by atoms with Crippen LogP contribution >= 0.6 is 0 Å². The molecule has 0 bridgehead atoms. The summed E-state index contributed by atoms with van der Waals surface area (Å²) in [5.74, 6) is 0.159. The molecule has 0 aromatic heterocycles. The van der Waals surface area contributed by atoms with Gasteiger partial charge in [-0.15, -0.1) is 0 Å². The van der Waals surface area contributed by atoms with Gasteiger partial charge in [0.15, 0.2) is 0 Å². The lowest BCUT2D eigenvalue weighted by molar-refractivity contribution is -0.130. The van der Waals surface area contributed by atoms with Crippen molar-refractivity contribution in [3.05, 3.63) is 0 Å². The number of carbonyl (C=O) groups excluding carboxylic acids is 2. The number of hydrogen-bond donors (Lipinski definition) is 1. The van der Waals surface area contributed by atoms with Crippen molar-refractivity contribution in [2.75, 3.05) is 20.8 Å². The normalized spacial score (nSPS) is 30.9. The summed E-state index contributed by atoms with van der Waals surface area (Å²) in [6.45, 7) is 0.469. The largest absolute Gasteiger partial charge is 0.384 e. The molecule has 4 heteroatoms. The first-order valence-electron chi connectivity index (χ1n) is 5.34. The Balaban J connectivity index is 2.52. The van der Waals surface area contributed by atoms with E-state index in [1.807, 2.05) is 0 Å². The first kappa shape index (κ1) is 12.2. The fraction of sp³-hybridized carbons (Fsp3) is 0.818. The standard InChI is InChI=1S/C11H19NO3/c1-12-10(14)9-3-5-11(7-13,6-4-9)8-15-2/h7,9H,3-6,8H2,1-2H3,(H,12,14). The van der Waals surface area contributed by atoms with Gasteiger partial charge in [-0.25, -0.2) is 0 Å². The van der Waals surface area contributed by atoms with E-state index in [-0.39, 0.29) is 17.2 Å². The van der Waals surface area contributed by atoms with Crippen LogP contribution in [0, 0.1) is 11.3 Å². The molecule has 86 valence electrons. The highest BCUT2D eigenvalue weighted by atomic mass is 16.5. The van der Waals surface area contributed by atoms with Crippen molar-refractivity contribution in [2.24, 2.45) is 11.3 Å². The van der Waals surface area contributed by atoms with Gasteiger partial charge >= 0.3 is 0 Å². The van der Waals surface area contributed by atoms with Crippen molar-refractivity contribution in [3.63, 3.8) is 0 Å². The monoisotopic (exact) mass is 213 g/mol. The molecule has 0 saturated heterocycles. The predicted octanol–water partition coefficient (Wildman–Crippen LogP) is 0.754. The van der Waals surface area contributed by atoms with Crippen LogP contribution < -0.4 is 5.32 Å². The molecule has 0 aliphatic heterocycles. The maximum absolute atomic E-state index is 11.4. The minimum Gasteiger partial charge on any atom is -0.384 e. The third kappa shape index (κ3) is 2.78. The second kappa shape index (κ2) is 5.26. The Labute approximate surface area is 90.4 Å². The average Bonchev–Trinajstić information content (AvgIpc) is 2.29. The molecule has 0 unspecified atom stereocenters. The van der Waals surface area contributed by atoms with Gasteiger partial charge in [-0.2, -0.15) is 0 Å². The Morgan fingerprint density at radius 2 is 2.13 bits per heavy atom. The van der Waals surface area contributed by atoms with Crippen LogP contribution in [0.25, 0.3) is 0 Å². The summed E-state index contributed by atoms with van der Waals surface area (Å²) in [5, 5.41) is 2.65. The lowest BCUT2D eigenvalue weighted by Crippen LogP contribution is -2.38. The van der Waals surface area contributed by atoms with Crippen LogP contribution in [0.4, 0.5) is 0 Å². The first-order valence-corrected chi connectivity index (χ1v) is 5.34. The molecule has 1 N–H and O–H groups in total. The molecule has 1 amide bonds. The maximum atomic E-state index is 11.4. The van der Waals surface area contributed by atoms with Crippen LogP contribution in [0.1, 0.15) is 25.7 Å². The van der Waals surface area contributed by atoms with Gasteiger partial charge in [0, 0.05) is 25.5 Å². The molecule has 15 heavy (non-hydrogen) atoms. The van der Waals surface area contributed by atoms with Gasteiger partial charge in [0.1, 0.15) is 6.29 Å². The molecular formula is C11H19NO3. The summed E-state index contributed by atoms with van der Waals surface area (Å²) in [7, 11) is 3.26. The van der Waals surface area contributed by atoms with Crippen molar-refractivity contribution in [1.29, 1.82) is 0 Å². The van der Waals surface area contributed by atoms with Gasteiger partial charge < -0.3 is 14.8 Å². The number of methoxy groups -OCH3 is 1. The van der Waals surface area contributed by atoms with Crippen molar-refractivity contribution in [3.8, 4) is 0 Å². The molecule has 1 fully saturated rings. The Hall–Kier alpha value is -0.900. The zero-order chi connectivity index (χ0) is 11.3. The van der Waals surface area contributed by atoms with Crippen LogP contribution in [-0.4, -0.2) is 33.0 Å². The molecule has 4 nitrogen and oxygen atoms in total. The molecular weight excluding hydrogens is 194 g/mol. The number of aldehydes is 1. The topological polar surface area (TPSA) is 55.4 Å². The first-order chi connectivity index (χ1) is 7.17. The van der Waals surface area contributed by atoms with E-state index in [9.17, 15) is 9.59 Å². The van der Waals surface area contributed by atoms with Crippen molar-refractivity contribution in [1.82, 2.24) is 5.32 Å². The number of ether oxygens (including phenoxy) is 1. The zero-order valence-corrected chi connectivity index (χ0v) is 9.41. The third-order valence-corrected chi connectivity index (χ3v) is 3.28. The highest BCUT2D eigenvalue weighted by molar-refractivity contribution is 5.78. The molecule has 0 aromatic carbocycles. The number of hydrogen-bond acceptors (Lipinski definition) is 3. The fourth-order valence-electron chi connectivity index (χ4n) is 2.24. The average molecular weight is 213 g/mol. The smallest absolute Gasteiger partial charge is 0.222 e.